The maximum absolute atomic E-state index is 12.6. The van der Waals surface area contributed by atoms with Gasteiger partial charge in [0.2, 0.25) is 0 Å². The molecule has 0 spiro atoms. The van der Waals surface area contributed by atoms with Crippen LogP contribution in [0.3, 0.4) is 0 Å². The van der Waals surface area contributed by atoms with Gasteiger partial charge in [-0.05, 0) is 29.7 Å². The largest absolute Gasteiger partial charge is 0.385 e. The molecule has 3 rings (SSSR count). The molecule has 0 atom stereocenters. The SMILES string of the molecule is CCCNc1ccnc(C(=O)N2Cc3ccccc3C2)c1. The lowest BCUT2D eigenvalue weighted by atomic mass is 10.1. The van der Waals surface area contributed by atoms with Crippen LogP contribution in [-0.2, 0) is 13.1 Å². The fourth-order valence-corrected chi connectivity index (χ4v) is 2.57. The van der Waals surface area contributed by atoms with E-state index in [4.69, 9.17) is 0 Å². The predicted octanol–water partition coefficient (Wildman–Crippen LogP) is 3.06. The predicted molar refractivity (Wildman–Crippen MR) is 83.0 cm³/mol. The fraction of sp³-hybridized carbons (Fsp3) is 0.294. The van der Waals surface area contributed by atoms with Crippen LogP contribution in [0, 0.1) is 0 Å². The first kappa shape index (κ1) is 13.6. The lowest BCUT2D eigenvalue weighted by molar-refractivity contribution is 0.0745. The molecule has 0 unspecified atom stereocenters. The molecule has 1 aromatic carbocycles. The number of carbonyl (C=O) groups excluding carboxylic acids is 1. The maximum atomic E-state index is 12.6. The van der Waals surface area contributed by atoms with Gasteiger partial charge in [0.05, 0.1) is 0 Å². The molecule has 1 aliphatic rings. The monoisotopic (exact) mass is 281 g/mol. The van der Waals surface area contributed by atoms with Crippen molar-refractivity contribution in [3.63, 3.8) is 0 Å². The molecule has 2 heterocycles. The molecule has 2 aromatic rings. The Morgan fingerprint density at radius 3 is 2.62 bits per heavy atom. The van der Waals surface area contributed by atoms with Gasteiger partial charge in [0.1, 0.15) is 5.69 Å². The zero-order valence-corrected chi connectivity index (χ0v) is 12.2. The van der Waals surface area contributed by atoms with Crippen LogP contribution in [0.2, 0.25) is 0 Å². The van der Waals surface area contributed by atoms with E-state index in [0.717, 1.165) is 18.7 Å². The molecule has 1 aliphatic heterocycles. The summed E-state index contributed by atoms with van der Waals surface area (Å²) in [6, 6.07) is 11.9. The van der Waals surface area contributed by atoms with Crippen LogP contribution in [0.4, 0.5) is 5.69 Å². The normalized spacial score (nSPS) is 13.1. The first-order chi connectivity index (χ1) is 10.3. The summed E-state index contributed by atoms with van der Waals surface area (Å²) in [7, 11) is 0. The zero-order chi connectivity index (χ0) is 14.7. The molecule has 108 valence electrons. The van der Waals surface area contributed by atoms with Gasteiger partial charge in [-0.2, -0.15) is 0 Å². The molecule has 0 bridgehead atoms. The van der Waals surface area contributed by atoms with Crippen LogP contribution in [-0.4, -0.2) is 22.3 Å². The Morgan fingerprint density at radius 1 is 1.24 bits per heavy atom. The highest BCUT2D eigenvalue weighted by atomic mass is 16.2. The Bertz CT molecular complexity index is 629. The first-order valence-electron chi connectivity index (χ1n) is 7.34. The minimum absolute atomic E-state index is 0.00801. The highest BCUT2D eigenvalue weighted by Crippen LogP contribution is 2.24. The van der Waals surface area contributed by atoms with Crippen molar-refractivity contribution >= 4 is 11.6 Å². The average Bonchev–Trinajstić information content (AvgIpc) is 2.96. The highest BCUT2D eigenvalue weighted by molar-refractivity contribution is 5.93. The number of aromatic nitrogens is 1. The third-order valence-electron chi connectivity index (χ3n) is 3.69. The number of pyridine rings is 1. The molecule has 0 saturated heterocycles. The summed E-state index contributed by atoms with van der Waals surface area (Å²) in [4.78, 5) is 18.6. The number of nitrogens with one attached hydrogen (secondary N) is 1. The van der Waals surface area contributed by atoms with E-state index < -0.39 is 0 Å². The zero-order valence-electron chi connectivity index (χ0n) is 12.2. The molecule has 0 fully saturated rings. The molecule has 1 aromatic heterocycles. The number of benzene rings is 1. The minimum Gasteiger partial charge on any atom is -0.385 e. The van der Waals surface area contributed by atoms with Crippen molar-refractivity contribution in [2.75, 3.05) is 11.9 Å². The van der Waals surface area contributed by atoms with Gasteiger partial charge in [-0.15, -0.1) is 0 Å². The lowest BCUT2D eigenvalue weighted by Crippen LogP contribution is -2.26. The summed E-state index contributed by atoms with van der Waals surface area (Å²) in [6.07, 6.45) is 2.74. The highest BCUT2D eigenvalue weighted by Gasteiger charge is 2.24. The standard InChI is InChI=1S/C17H19N3O/c1-2-8-18-15-7-9-19-16(10-15)17(21)20-11-13-5-3-4-6-14(13)12-20/h3-7,9-10H,2,8,11-12H2,1H3,(H,18,19). The summed E-state index contributed by atoms with van der Waals surface area (Å²) < 4.78 is 0. The maximum Gasteiger partial charge on any atom is 0.273 e. The van der Waals surface area contributed by atoms with E-state index >= 15 is 0 Å². The number of fused-ring (bicyclic) bond motifs is 1. The Hall–Kier alpha value is -2.36. The van der Waals surface area contributed by atoms with Gasteiger partial charge in [-0.25, -0.2) is 0 Å². The number of anilines is 1. The first-order valence-corrected chi connectivity index (χ1v) is 7.34. The van der Waals surface area contributed by atoms with Gasteiger partial charge in [0.25, 0.3) is 5.91 Å². The van der Waals surface area contributed by atoms with Crippen LogP contribution in [0.15, 0.2) is 42.6 Å². The van der Waals surface area contributed by atoms with Gasteiger partial charge in [0, 0.05) is 31.5 Å². The molecular formula is C17H19N3O. The van der Waals surface area contributed by atoms with Crippen LogP contribution in [0.1, 0.15) is 35.0 Å². The average molecular weight is 281 g/mol. The molecule has 4 heteroatoms. The molecule has 1 amide bonds. The summed E-state index contributed by atoms with van der Waals surface area (Å²) in [5.41, 5.74) is 3.91. The quantitative estimate of drug-likeness (QED) is 0.936. The summed E-state index contributed by atoms with van der Waals surface area (Å²) in [6.45, 7) is 4.35. The number of amides is 1. The summed E-state index contributed by atoms with van der Waals surface area (Å²) >= 11 is 0. The van der Waals surface area contributed by atoms with E-state index in [-0.39, 0.29) is 5.91 Å². The second-order valence-electron chi connectivity index (χ2n) is 5.29. The second-order valence-corrected chi connectivity index (χ2v) is 5.29. The number of rotatable bonds is 4. The van der Waals surface area contributed by atoms with Crippen molar-refractivity contribution in [1.29, 1.82) is 0 Å². The van der Waals surface area contributed by atoms with E-state index in [1.165, 1.54) is 11.1 Å². The summed E-state index contributed by atoms with van der Waals surface area (Å²) in [5.74, 6) is -0.00801. The molecule has 0 saturated carbocycles. The van der Waals surface area contributed by atoms with Gasteiger partial charge in [0.15, 0.2) is 0 Å². The van der Waals surface area contributed by atoms with Gasteiger partial charge < -0.3 is 10.2 Å². The van der Waals surface area contributed by atoms with Crippen molar-refractivity contribution < 1.29 is 4.79 Å². The van der Waals surface area contributed by atoms with E-state index in [2.05, 4.69) is 29.4 Å². The van der Waals surface area contributed by atoms with Gasteiger partial charge in [-0.3, -0.25) is 9.78 Å². The van der Waals surface area contributed by atoms with Crippen molar-refractivity contribution in [2.45, 2.75) is 26.4 Å². The second kappa shape index (κ2) is 5.95. The molecular weight excluding hydrogens is 262 g/mol. The van der Waals surface area contributed by atoms with Crippen LogP contribution < -0.4 is 5.32 Å². The Labute approximate surface area is 124 Å². The number of hydrogen-bond donors (Lipinski definition) is 1. The van der Waals surface area contributed by atoms with Gasteiger partial charge >= 0.3 is 0 Å². The van der Waals surface area contributed by atoms with Crippen molar-refractivity contribution in [3.8, 4) is 0 Å². The minimum atomic E-state index is -0.00801. The van der Waals surface area contributed by atoms with Crippen molar-refractivity contribution in [1.82, 2.24) is 9.88 Å². The third kappa shape index (κ3) is 2.89. The van der Waals surface area contributed by atoms with Gasteiger partial charge in [-0.1, -0.05) is 31.2 Å². The fourth-order valence-electron chi connectivity index (χ4n) is 2.57. The smallest absolute Gasteiger partial charge is 0.273 e. The van der Waals surface area contributed by atoms with E-state index in [9.17, 15) is 4.79 Å². The number of hydrogen-bond acceptors (Lipinski definition) is 3. The van der Waals surface area contributed by atoms with Crippen LogP contribution in [0.5, 0.6) is 0 Å². The topological polar surface area (TPSA) is 45.2 Å². The van der Waals surface area contributed by atoms with Crippen molar-refractivity contribution in [2.24, 2.45) is 0 Å². The Kier molecular flexibility index (Phi) is 3.86. The molecule has 0 radical (unpaired) electrons. The van der Waals surface area contributed by atoms with Crippen LogP contribution >= 0.6 is 0 Å². The Morgan fingerprint density at radius 2 is 1.95 bits per heavy atom. The van der Waals surface area contributed by atoms with E-state index in [1.807, 2.05) is 29.2 Å². The van der Waals surface area contributed by atoms with E-state index in [1.54, 1.807) is 6.20 Å². The molecule has 0 aliphatic carbocycles. The number of nitrogens with zero attached hydrogens (tertiary/aromatic N) is 2. The molecule has 21 heavy (non-hydrogen) atoms. The Balaban J connectivity index is 1.75. The van der Waals surface area contributed by atoms with E-state index in [0.29, 0.717) is 18.8 Å². The third-order valence-corrected chi connectivity index (χ3v) is 3.69. The van der Waals surface area contributed by atoms with Crippen molar-refractivity contribution in [3.05, 3.63) is 59.4 Å². The van der Waals surface area contributed by atoms with Crippen LogP contribution in [0.25, 0.3) is 0 Å². The number of carbonyl (C=O) groups is 1. The molecule has 4 nitrogen and oxygen atoms in total. The summed E-state index contributed by atoms with van der Waals surface area (Å²) in [5, 5.41) is 3.29. The lowest BCUT2D eigenvalue weighted by Gasteiger charge is -2.15. The molecule has 1 N–H and O–H groups in total.